The van der Waals surface area contributed by atoms with E-state index in [-0.39, 0.29) is 11.3 Å². The van der Waals surface area contributed by atoms with Crippen molar-refractivity contribution >= 4 is 27.4 Å². The predicted molar refractivity (Wildman–Crippen MR) is 83.1 cm³/mol. The Morgan fingerprint density at radius 2 is 2.04 bits per heavy atom. The minimum atomic E-state index is -1.36. The lowest BCUT2D eigenvalue weighted by molar-refractivity contribution is -0.491. The number of esters is 1. The Kier molecular flexibility index (Phi) is 5.02. The van der Waals surface area contributed by atoms with Crippen molar-refractivity contribution in [1.29, 1.82) is 0 Å². The quantitative estimate of drug-likeness (QED) is 0.486. The first-order valence-corrected chi connectivity index (χ1v) is 7.31. The Morgan fingerprint density at radius 3 is 2.57 bits per heavy atom. The van der Waals surface area contributed by atoms with Gasteiger partial charge in [-0.3, -0.25) is 10.1 Å². The van der Waals surface area contributed by atoms with Crippen LogP contribution in [-0.4, -0.2) is 43.9 Å². The number of carbonyl (C=O) groups is 1. The van der Waals surface area contributed by atoms with E-state index >= 15 is 0 Å². The fourth-order valence-electron chi connectivity index (χ4n) is 2.24. The van der Waals surface area contributed by atoms with Crippen LogP contribution in [0, 0.1) is 10.1 Å². The van der Waals surface area contributed by atoms with Crippen molar-refractivity contribution in [3.8, 4) is 11.5 Å². The smallest absolute Gasteiger partial charge is 0.348 e. The second-order valence-electron chi connectivity index (χ2n) is 4.58. The Labute approximate surface area is 135 Å². The lowest BCUT2D eigenvalue weighted by Crippen LogP contribution is -2.13. The first kappa shape index (κ1) is 17.0. The van der Waals surface area contributed by atoms with Gasteiger partial charge in [-0.05, 0) is 12.1 Å². The second kappa shape index (κ2) is 6.80. The van der Waals surface area contributed by atoms with Crippen molar-refractivity contribution in [3.05, 3.63) is 32.7 Å². The van der Waals surface area contributed by atoms with Gasteiger partial charge < -0.3 is 19.3 Å². The lowest BCUT2D eigenvalue weighted by Gasteiger charge is -2.15. The summed E-state index contributed by atoms with van der Waals surface area (Å²) in [7, 11) is 4.09. The molecule has 23 heavy (non-hydrogen) atoms. The van der Waals surface area contributed by atoms with E-state index in [2.05, 4.69) is 0 Å². The average molecular weight is 341 g/mol. The van der Waals surface area contributed by atoms with E-state index < -0.39 is 23.5 Å². The van der Waals surface area contributed by atoms with Crippen LogP contribution in [0.25, 0.3) is 10.1 Å². The van der Waals surface area contributed by atoms with Gasteiger partial charge in [-0.2, -0.15) is 0 Å². The van der Waals surface area contributed by atoms with Crippen molar-refractivity contribution in [2.24, 2.45) is 0 Å². The molecule has 2 rings (SSSR count). The van der Waals surface area contributed by atoms with E-state index in [1.807, 2.05) is 0 Å². The highest BCUT2D eigenvalue weighted by molar-refractivity contribution is 7.21. The fourth-order valence-corrected chi connectivity index (χ4v) is 3.31. The van der Waals surface area contributed by atoms with Crippen LogP contribution < -0.4 is 9.47 Å². The molecule has 0 bridgehead atoms. The van der Waals surface area contributed by atoms with Gasteiger partial charge in [0.15, 0.2) is 0 Å². The van der Waals surface area contributed by atoms with Crippen LogP contribution >= 0.6 is 11.3 Å². The highest BCUT2D eigenvalue weighted by atomic mass is 32.1. The van der Waals surface area contributed by atoms with Crippen LogP contribution in [0.15, 0.2) is 12.1 Å². The molecule has 1 atom stereocenters. The number of methoxy groups -OCH3 is 3. The Morgan fingerprint density at radius 1 is 1.35 bits per heavy atom. The molecule has 124 valence electrons. The SMILES string of the molecule is COC(=O)c1cc2c(OC)c(C(O)C[N+](=O)[O-])cc(OC)c2s1. The average Bonchev–Trinajstić information content (AvgIpc) is 2.96. The third-order valence-corrected chi connectivity index (χ3v) is 4.37. The summed E-state index contributed by atoms with van der Waals surface area (Å²) in [6.45, 7) is -0.668. The molecule has 0 aliphatic heterocycles. The molecule has 1 aromatic heterocycles. The maximum atomic E-state index is 11.7. The van der Waals surface area contributed by atoms with Crippen LogP contribution in [0.5, 0.6) is 11.5 Å². The van der Waals surface area contributed by atoms with Crippen LogP contribution in [-0.2, 0) is 4.74 Å². The van der Waals surface area contributed by atoms with Crippen LogP contribution in [0.4, 0.5) is 0 Å². The largest absolute Gasteiger partial charge is 0.496 e. The summed E-state index contributed by atoms with van der Waals surface area (Å²) in [6.07, 6.45) is -1.36. The van der Waals surface area contributed by atoms with Crippen LogP contribution in [0.1, 0.15) is 21.3 Å². The third kappa shape index (κ3) is 3.20. The first-order chi connectivity index (χ1) is 10.9. The normalized spacial score (nSPS) is 12.0. The van der Waals surface area contributed by atoms with Gasteiger partial charge in [0, 0.05) is 15.9 Å². The van der Waals surface area contributed by atoms with Gasteiger partial charge in [0.25, 0.3) is 0 Å². The summed E-state index contributed by atoms with van der Waals surface area (Å²) in [4.78, 5) is 22.1. The minimum absolute atomic E-state index is 0.225. The van der Waals surface area contributed by atoms with Gasteiger partial charge in [-0.25, -0.2) is 4.79 Å². The second-order valence-corrected chi connectivity index (χ2v) is 5.63. The number of hydrogen-bond acceptors (Lipinski definition) is 8. The fraction of sp³-hybridized carbons (Fsp3) is 0.357. The number of aliphatic hydroxyl groups is 1. The summed E-state index contributed by atoms with van der Waals surface area (Å²) < 4.78 is 15.9. The number of nitro groups is 1. The van der Waals surface area contributed by atoms with Crippen LogP contribution in [0.3, 0.4) is 0 Å². The van der Waals surface area contributed by atoms with E-state index in [0.717, 1.165) is 11.3 Å². The first-order valence-electron chi connectivity index (χ1n) is 6.49. The summed E-state index contributed by atoms with van der Waals surface area (Å²) >= 11 is 1.15. The van der Waals surface area contributed by atoms with Gasteiger partial charge >= 0.3 is 5.97 Å². The topological polar surface area (TPSA) is 108 Å². The van der Waals surface area contributed by atoms with E-state index in [9.17, 15) is 20.0 Å². The molecule has 0 fully saturated rings. The van der Waals surface area contributed by atoms with Crippen molar-refractivity contribution in [3.63, 3.8) is 0 Å². The molecule has 0 saturated carbocycles. The number of hydrogen-bond donors (Lipinski definition) is 1. The summed E-state index contributed by atoms with van der Waals surface area (Å²) in [5.74, 6) is 0.141. The molecule has 8 nitrogen and oxygen atoms in total. The summed E-state index contributed by atoms with van der Waals surface area (Å²) in [5, 5.41) is 21.2. The maximum absolute atomic E-state index is 11.7. The van der Waals surface area contributed by atoms with E-state index in [1.165, 1.54) is 27.4 Å². The van der Waals surface area contributed by atoms with Gasteiger partial charge in [-0.15, -0.1) is 11.3 Å². The number of benzene rings is 1. The number of nitrogens with zero attached hydrogens (tertiary/aromatic N) is 1. The van der Waals surface area contributed by atoms with Crippen molar-refractivity contribution in [2.75, 3.05) is 27.9 Å². The van der Waals surface area contributed by atoms with Crippen molar-refractivity contribution in [1.82, 2.24) is 0 Å². The molecule has 2 aromatic rings. The van der Waals surface area contributed by atoms with Gasteiger partial charge in [0.2, 0.25) is 6.54 Å². The zero-order chi connectivity index (χ0) is 17.1. The number of aliphatic hydroxyl groups excluding tert-OH is 1. The molecule has 1 unspecified atom stereocenters. The number of rotatable bonds is 6. The van der Waals surface area contributed by atoms with Crippen LogP contribution in [0.2, 0.25) is 0 Å². The Bertz CT molecular complexity index is 755. The molecule has 0 aliphatic carbocycles. The molecule has 1 heterocycles. The monoisotopic (exact) mass is 341 g/mol. The zero-order valence-corrected chi connectivity index (χ0v) is 13.5. The van der Waals surface area contributed by atoms with E-state index in [1.54, 1.807) is 6.07 Å². The Balaban J connectivity index is 2.69. The molecule has 0 saturated heterocycles. The number of carbonyl (C=O) groups excluding carboxylic acids is 1. The highest BCUT2D eigenvalue weighted by Crippen LogP contribution is 2.43. The number of thiophene rings is 1. The lowest BCUT2D eigenvalue weighted by atomic mass is 10.0. The molecular weight excluding hydrogens is 326 g/mol. The van der Waals surface area contributed by atoms with Gasteiger partial charge in [0.1, 0.15) is 22.5 Å². The molecule has 1 aromatic carbocycles. The van der Waals surface area contributed by atoms with Gasteiger partial charge in [-0.1, -0.05) is 0 Å². The third-order valence-electron chi connectivity index (χ3n) is 3.24. The van der Waals surface area contributed by atoms with E-state index in [0.29, 0.717) is 20.7 Å². The molecular formula is C14H15NO7S. The number of fused-ring (bicyclic) bond motifs is 1. The Hall–Kier alpha value is -2.39. The molecule has 0 spiro atoms. The molecule has 0 radical (unpaired) electrons. The zero-order valence-electron chi connectivity index (χ0n) is 12.7. The summed E-state index contributed by atoms with van der Waals surface area (Å²) in [6, 6.07) is 3.03. The molecule has 1 N–H and O–H groups in total. The minimum Gasteiger partial charge on any atom is -0.496 e. The molecule has 0 amide bonds. The molecule has 9 heteroatoms. The van der Waals surface area contributed by atoms with E-state index in [4.69, 9.17) is 14.2 Å². The predicted octanol–water partition coefficient (Wildman–Crippen LogP) is 2.02. The highest BCUT2D eigenvalue weighted by Gasteiger charge is 2.25. The van der Waals surface area contributed by atoms with Crippen molar-refractivity contribution in [2.45, 2.75) is 6.10 Å². The molecule has 0 aliphatic rings. The van der Waals surface area contributed by atoms with Gasteiger partial charge in [0.05, 0.1) is 26.0 Å². The summed E-state index contributed by atoms with van der Waals surface area (Å²) in [5.41, 5.74) is 0.225. The van der Waals surface area contributed by atoms with Crippen molar-refractivity contribution < 1.29 is 29.0 Å². The standard InChI is InChI=1S/C14H15NO7S/c1-20-10-4-7(9(16)6-15(18)19)12(21-2)8-5-11(14(17)22-3)23-13(8)10/h4-5,9,16H,6H2,1-3H3. The maximum Gasteiger partial charge on any atom is 0.348 e. The number of ether oxygens (including phenoxy) is 3.